The summed E-state index contributed by atoms with van der Waals surface area (Å²) >= 11 is 0. The first kappa shape index (κ1) is 14.9. The molecule has 0 saturated heterocycles. The lowest BCUT2D eigenvalue weighted by molar-refractivity contribution is -0.914. The fourth-order valence-corrected chi connectivity index (χ4v) is 2.58. The van der Waals surface area contributed by atoms with Crippen LogP contribution in [0.15, 0.2) is 43.0 Å². The molecule has 0 aliphatic heterocycles. The molecule has 1 rings (SSSR count). The van der Waals surface area contributed by atoms with Crippen LogP contribution < -0.4 is 0 Å². The maximum absolute atomic E-state index is 10.9. The van der Waals surface area contributed by atoms with Crippen molar-refractivity contribution < 1.29 is 17.5 Å². The van der Waals surface area contributed by atoms with Crippen molar-refractivity contribution in [3.8, 4) is 0 Å². The first-order valence-electron chi connectivity index (χ1n) is 5.78. The molecule has 0 radical (unpaired) electrons. The van der Waals surface area contributed by atoms with E-state index in [0.29, 0.717) is 24.1 Å². The molecule has 4 nitrogen and oxygen atoms in total. The lowest BCUT2D eigenvalue weighted by atomic mass is 10.2. The molecule has 0 heterocycles. The van der Waals surface area contributed by atoms with Crippen molar-refractivity contribution in [2.24, 2.45) is 0 Å². The molecule has 0 aromatic heterocycles. The zero-order valence-electron chi connectivity index (χ0n) is 10.6. The second-order valence-electron chi connectivity index (χ2n) is 4.74. The van der Waals surface area contributed by atoms with Crippen molar-refractivity contribution >= 4 is 10.1 Å². The van der Waals surface area contributed by atoms with Crippen LogP contribution in [0.25, 0.3) is 0 Å². The summed E-state index contributed by atoms with van der Waals surface area (Å²) in [5.74, 6) is -0.232. The van der Waals surface area contributed by atoms with Gasteiger partial charge in [0.25, 0.3) is 10.1 Å². The van der Waals surface area contributed by atoms with Gasteiger partial charge in [-0.25, -0.2) is 0 Å². The Morgan fingerprint density at radius 3 is 2.44 bits per heavy atom. The minimum absolute atomic E-state index is 0.232. The van der Waals surface area contributed by atoms with Gasteiger partial charge in [-0.1, -0.05) is 36.9 Å². The van der Waals surface area contributed by atoms with Gasteiger partial charge in [0.15, 0.2) is 0 Å². The van der Waals surface area contributed by atoms with Crippen LogP contribution in [0.5, 0.6) is 0 Å². The van der Waals surface area contributed by atoms with E-state index in [1.165, 1.54) is 0 Å². The van der Waals surface area contributed by atoms with Crippen LogP contribution in [0.3, 0.4) is 0 Å². The Morgan fingerprint density at radius 1 is 1.33 bits per heavy atom. The van der Waals surface area contributed by atoms with Gasteiger partial charge in [-0.2, -0.15) is 8.42 Å². The monoisotopic (exact) mass is 270 g/mol. The molecule has 0 aliphatic rings. The Balaban J connectivity index is 2.77. The van der Waals surface area contributed by atoms with Crippen molar-refractivity contribution in [1.29, 1.82) is 0 Å². The van der Waals surface area contributed by atoms with Gasteiger partial charge >= 0.3 is 0 Å². The average Bonchev–Trinajstić information content (AvgIpc) is 2.27. The number of nitrogens with zero attached hydrogens (tertiary/aromatic N) is 1. The number of hydrogen-bond donors (Lipinski definition) is 1. The Labute approximate surface area is 109 Å². The third-order valence-electron chi connectivity index (χ3n) is 2.87. The summed E-state index contributed by atoms with van der Waals surface area (Å²) in [7, 11) is -1.96. The summed E-state index contributed by atoms with van der Waals surface area (Å²) < 4.78 is 31.1. The molecular formula is C13H20NO3S+. The van der Waals surface area contributed by atoms with Gasteiger partial charge in [-0.05, 0) is 6.08 Å². The molecule has 0 spiro atoms. The predicted octanol–water partition coefficient (Wildman–Crippen LogP) is 1.71. The normalized spacial score (nSPS) is 15.0. The van der Waals surface area contributed by atoms with Crippen LogP contribution in [-0.4, -0.2) is 43.3 Å². The zero-order valence-corrected chi connectivity index (χ0v) is 11.4. The first-order chi connectivity index (χ1) is 8.35. The van der Waals surface area contributed by atoms with Crippen molar-refractivity contribution in [3.05, 3.63) is 48.6 Å². The maximum Gasteiger partial charge on any atom is 0.270 e. The van der Waals surface area contributed by atoms with Gasteiger partial charge in [0.05, 0.1) is 20.1 Å². The van der Waals surface area contributed by atoms with E-state index in [1.807, 2.05) is 37.4 Å². The third-order valence-corrected chi connectivity index (χ3v) is 3.56. The number of rotatable bonds is 7. The van der Waals surface area contributed by atoms with Gasteiger partial charge in [-0.15, -0.1) is 0 Å². The molecular weight excluding hydrogens is 250 g/mol. The summed E-state index contributed by atoms with van der Waals surface area (Å²) in [4.78, 5) is 0. The van der Waals surface area contributed by atoms with Crippen LogP contribution in [0.1, 0.15) is 5.56 Å². The second kappa shape index (κ2) is 6.13. The van der Waals surface area contributed by atoms with E-state index >= 15 is 0 Å². The minimum Gasteiger partial charge on any atom is -0.318 e. The maximum atomic E-state index is 10.9. The molecule has 100 valence electrons. The molecule has 1 aromatic rings. The summed E-state index contributed by atoms with van der Waals surface area (Å²) in [6.45, 7) is 5.43. The molecule has 18 heavy (non-hydrogen) atoms. The van der Waals surface area contributed by atoms with E-state index < -0.39 is 10.1 Å². The van der Waals surface area contributed by atoms with Crippen LogP contribution >= 0.6 is 0 Å². The van der Waals surface area contributed by atoms with E-state index in [-0.39, 0.29) is 5.75 Å². The number of quaternary nitrogens is 1. The van der Waals surface area contributed by atoms with Gasteiger partial charge in [0.2, 0.25) is 0 Å². The second-order valence-corrected chi connectivity index (χ2v) is 6.32. The van der Waals surface area contributed by atoms with E-state index in [4.69, 9.17) is 4.55 Å². The minimum atomic E-state index is -3.92. The van der Waals surface area contributed by atoms with Crippen LogP contribution in [0.4, 0.5) is 0 Å². The molecule has 0 aliphatic carbocycles. The molecule has 1 N–H and O–H groups in total. The zero-order chi connectivity index (χ0) is 13.6. The van der Waals surface area contributed by atoms with Crippen LogP contribution in [0, 0.1) is 0 Å². The topological polar surface area (TPSA) is 54.4 Å². The highest BCUT2D eigenvalue weighted by atomic mass is 32.2. The molecule has 0 amide bonds. The van der Waals surface area contributed by atoms with Crippen LogP contribution in [0.2, 0.25) is 0 Å². The van der Waals surface area contributed by atoms with E-state index in [0.717, 1.165) is 5.56 Å². The van der Waals surface area contributed by atoms with E-state index in [2.05, 4.69) is 6.58 Å². The Hall–Kier alpha value is -1.17. The fourth-order valence-electron chi connectivity index (χ4n) is 1.91. The summed E-state index contributed by atoms with van der Waals surface area (Å²) in [5.41, 5.74) is 1.14. The van der Waals surface area contributed by atoms with Crippen LogP contribution in [-0.2, 0) is 16.7 Å². The summed E-state index contributed by atoms with van der Waals surface area (Å²) in [6, 6.07) is 9.87. The molecule has 5 heteroatoms. The largest absolute Gasteiger partial charge is 0.318 e. The average molecular weight is 270 g/mol. The van der Waals surface area contributed by atoms with Crippen molar-refractivity contribution in [2.45, 2.75) is 6.54 Å². The van der Waals surface area contributed by atoms with Gasteiger partial charge in [0.1, 0.15) is 12.3 Å². The summed E-state index contributed by atoms with van der Waals surface area (Å²) in [5, 5.41) is 0. The Bertz CT molecular complexity index is 484. The Kier molecular flexibility index (Phi) is 5.07. The van der Waals surface area contributed by atoms with E-state index in [1.54, 1.807) is 6.08 Å². The highest BCUT2D eigenvalue weighted by Crippen LogP contribution is 2.12. The smallest absolute Gasteiger partial charge is 0.270 e. The number of hydrogen-bond acceptors (Lipinski definition) is 2. The first-order valence-corrected chi connectivity index (χ1v) is 7.39. The summed E-state index contributed by atoms with van der Waals surface area (Å²) in [6.07, 6.45) is 1.77. The van der Waals surface area contributed by atoms with Crippen molar-refractivity contribution in [1.82, 2.24) is 0 Å². The van der Waals surface area contributed by atoms with Crippen molar-refractivity contribution in [2.75, 3.05) is 25.9 Å². The molecule has 0 saturated carbocycles. The highest BCUT2D eigenvalue weighted by Gasteiger charge is 2.23. The predicted molar refractivity (Wildman–Crippen MR) is 72.7 cm³/mol. The lowest BCUT2D eigenvalue weighted by Gasteiger charge is -2.33. The lowest BCUT2D eigenvalue weighted by Crippen LogP contribution is -2.46. The number of likely N-dealkylation sites (N-methyl/N-ethyl adjacent to an activating group) is 1. The van der Waals surface area contributed by atoms with E-state index in [9.17, 15) is 8.42 Å². The van der Waals surface area contributed by atoms with Gasteiger partial charge in [-0.3, -0.25) is 4.55 Å². The molecule has 1 atom stereocenters. The molecule has 1 unspecified atom stereocenters. The standard InChI is InChI=1S/C13H19NO3S/c1-3-9-14(2,10-11-18(15,16)17)12-13-7-5-4-6-8-13/h3-8H,1,9-12H2,2H3/p+1. The molecule has 1 aromatic carbocycles. The molecule has 0 bridgehead atoms. The number of benzene rings is 1. The molecule has 0 fully saturated rings. The van der Waals surface area contributed by atoms with Crippen molar-refractivity contribution in [3.63, 3.8) is 0 Å². The van der Waals surface area contributed by atoms with Gasteiger partial charge < -0.3 is 4.48 Å². The Morgan fingerprint density at radius 2 is 1.94 bits per heavy atom. The quantitative estimate of drug-likeness (QED) is 0.466. The SMILES string of the molecule is C=CC[N+](C)(CCS(=O)(=O)O)Cc1ccccc1. The highest BCUT2D eigenvalue weighted by molar-refractivity contribution is 7.85. The van der Waals surface area contributed by atoms with Gasteiger partial charge in [0, 0.05) is 5.56 Å². The fraction of sp³-hybridized carbons (Fsp3) is 0.385. The third kappa shape index (κ3) is 5.44.